The smallest absolute Gasteiger partial charge is 0.243 e. The first-order valence-electron chi connectivity index (χ1n) is 9.88. The Bertz CT molecular complexity index is 1100. The molecule has 2 heterocycles. The molecule has 1 amide bonds. The van der Waals surface area contributed by atoms with E-state index in [2.05, 4.69) is 10.3 Å². The lowest BCUT2D eigenvalue weighted by atomic mass is 10.2. The first kappa shape index (κ1) is 20.7. The molecule has 1 aliphatic heterocycles. The molecule has 0 atom stereocenters. The van der Waals surface area contributed by atoms with Gasteiger partial charge in [0.25, 0.3) is 0 Å². The van der Waals surface area contributed by atoms with Crippen LogP contribution in [0.1, 0.15) is 23.4 Å². The molecular formula is C22H23N3O3S2. The summed E-state index contributed by atoms with van der Waals surface area (Å²) in [7, 11) is -3.42. The summed E-state index contributed by atoms with van der Waals surface area (Å²) in [6.07, 6.45) is 2.05. The molecule has 0 saturated carbocycles. The number of nitrogens with one attached hydrogen (secondary N) is 1. The van der Waals surface area contributed by atoms with Gasteiger partial charge >= 0.3 is 0 Å². The summed E-state index contributed by atoms with van der Waals surface area (Å²) in [4.78, 5) is 17.0. The Hall–Kier alpha value is -2.55. The Kier molecular flexibility index (Phi) is 6.26. The lowest BCUT2D eigenvalue weighted by molar-refractivity contribution is -0.120. The van der Waals surface area contributed by atoms with Crippen LogP contribution in [0.5, 0.6) is 0 Å². The van der Waals surface area contributed by atoms with Gasteiger partial charge in [0.2, 0.25) is 15.9 Å². The van der Waals surface area contributed by atoms with Gasteiger partial charge in [-0.1, -0.05) is 42.5 Å². The first-order valence-corrected chi connectivity index (χ1v) is 12.2. The topological polar surface area (TPSA) is 79.4 Å². The normalized spacial score (nSPS) is 14.7. The summed E-state index contributed by atoms with van der Waals surface area (Å²) in [5.41, 5.74) is 2.63. The minimum atomic E-state index is -3.42. The minimum Gasteiger partial charge on any atom is -0.352 e. The SMILES string of the molecule is O=C(Cc1nc(-c2ccc(S(=O)(=O)N3CCCC3)cc2)cs1)NCc1ccccc1. The van der Waals surface area contributed by atoms with Crippen LogP contribution in [0.3, 0.4) is 0 Å². The van der Waals surface area contributed by atoms with E-state index in [-0.39, 0.29) is 12.3 Å². The molecule has 0 bridgehead atoms. The molecule has 3 aromatic rings. The second-order valence-corrected chi connectivity index (χ2v) is 10.1. The van der Waals surface area contributed by atoms with Gasteiger partial charge in [-0.15, -0.1) is 11.3 Å². The van der Waals surface area contributed by atoms with Crippen LogP contribution in [0, 0.1) is 0 Å². The molecule has 30 heavy (non-hydrogen) atoms. The molecule has 1 aromatic heterocycles. The highest BCUT2D eigenvalue weighted by atomic mass is 32.2. The van der Waals surface area contributed by atoms with E-state index in [1.807, 2.05) is 35.7 Å². The van der Waals surface area contributed by atoms with E-state index in [9.17, 15) is 13.2 Å². The number of carbonyl (C=O) groups is 1. The maximum atomic E-state index is 12.6. The van der Waals surface area contributed by atoms with Crippen molar-refractivity contribution in [1.29, 1.82) is 0 Å². The fourth-order valence-corrected chi connectivity index (χ4v) is 5.72. The number of sulfonamides is 1. The van der Waals surface area contributed by atoms with Crippen LogP contribution in [0.2, 0.25) is 0 Å². The number of nitrogens with zero attached hydrogens (tertiary/aromatic N) is 2. The third-order valence-electron chi connectivity index (χ3n) is 5.05. The van der Waals surface area contributed by atoms with Gasteiger partial charge in [0.1, 0.15) is 5.01 Å². The Morgan fingerprint density at radius 2 is 1.73 bits per heavy atom. The van der Waals surface area contributed by atoms with Crippen molar-refractivity contribution in [3.8, 4) is 11.3 Å². The predicted molar refractivity (Wildman–Crippen MR) is 118 cm³/mol. The zero-order valence-corrected chi connectivity index (χ0v) is 18.1. The van der Waals surface area contributed by atoms with Gasteiger partial charge in [-0.25, -0.2) is 13.4 Å². The highest BCUT2D eigenvalue weighted by Gasteiger charge is 2.27. The molecule has 1 fully saturated rings. The Balaban J connectivity index is 1.38. The number of carbonyl (C=O) groups excluding carboxylic acids is 1. The monoisotopic (exact) mass is 441 g/mol. The molecule has 8 heteroatoms. The van der Waals surface area contributed by atoms with Crippen molar-refractivity contribution in [2.75, 3.05) is 13.1 Å². The highest BCUT2D eigenvalue weighted by molar-refractivity contribution is 7.89. The fourth-order valence-electron chi connectivity index (χ4n) is 3.40. The van der Waals surface area contributed by atoms with Crippen molar-refractivity contribution < 1.29 is 13.2 Å². The van der Waals surface area contributed by atoms with Crippen LogP contribution < -0.4 is 5.32 Å². The molecule has 0 radical (unpaired) electrons. The van der Waals surface area contributed by atoms with E-state index >= 15 is 0 Å². The summed E-state index contributed by atoms with van der Waals surface area (Å²) in [6, 6.07) is 16.6. The van der Waals surface area contributed by atoms with Gasteiger partial charge in [0.15, 0.2) is 0 Å². The van der Waals surface area contributed by atoms with Crippen molar-refractivity contribution in [2.45, 2.75) is 30.7 Å². The third-order valence-corrected chi connectivity index (χ3v) is 7.81. The third kappa shape index (κ3) is 4.77. The van der Waals surface area contributed by atoms with Gasteiger partial charge in [0, 0.05) is 30.6 Å². The van der Waals surface area contributed by atoms with Gasteiger partial charge < -0.3 is 5.32 Å². The molecule has 0 unspecified atom stereocenters. The molecule has 6 nitrogen and oxygen atoms in total. The zero-order chi connectivity index (χ0) is 21.0. The van der Waals surface area contributed by atoms with Crippen LogP contribution in [0.15, 0.2) is 64.9 Å². The summed E-state index contributed by atoms with van der Waals surface area (Å²) in [6.45, 7) is 1.67. The molecular weight excluding hydrogens is 418 g/mol. The molecule has 156 valence electrons. The Labute approximate surface area is 180 Å². The minimum absolute atomic E-state index is 0.0770. The number of rotatable bonds is 7. The van der Waals surface area contributed by atoms with Crippen LogP contribution in [0.25, 0.3) is 11.3 Å². The second kappa shape index (κ2) is 9.07. The number of amides is 1. The summed E-state index contributed by atoms with van der Waals surface area (Å²) in [5, 5.41) is 5.52. The van der Waals surface area contributed by atoms with E-state index in [0.29, 0.717) is 24.5 Å². The highest BCUT2D eigenvalue weighted by Crippen LogP contribution is 2.26. The number of hydrogen-bond acceptors (Lipinski definition) is 5. The van der Waals surface area contributed by atoms with Gasteiger partial charge in [-0.3, -0.25) is 4.79 Å². The first-order chi connectivity index (χ1) is 14.5. The lowest BCUT2D eigenvalue weighted by Crippen LogP contribution is -2.27. The van der Waals surface area contributed by atoms with Crippen LogP contribution in [-0.4, -0.2) is 36.7 Å². The summed E-state index contributed by atoms with van der Waals surface area (Å²) in [5.74, 6) is -0.0770. The van der Waals surface area contributed by atoms with Gasteiger partial charge in [-0.2, -0.15) is 4.31 Å². The molecule has 1 N–H and O–H groups in total. The van der Waals surface area contributed by atoms with E-state index in [4.69, 9.17) is 0 Å². The van der Waals surface area contributed by atoms with Crippen LogP contribution >= 0.6 is 11.3 Å². The van der Waals surface area contributed by atoms with Crippen molar-refractivity contribution in [3.05, 3.63) is 70.5 Å². The van der Waals surface area contributed by atoms with Crippen LogP contribution in [0.4, 0.5) is 0 Å². The van der Waals surface area contributed by atoms with E-state index in [1.165, 1.54) is 15.6 Å². The number of hydrogen-bond donors (Lipinski definition) is 1. The maximum absolute atomic E-state index is 12.6. The van der Waals surface area contributed by atoms with Gasteiger partial charge in [-0.05, 0) is 30.5 Å². The fraction of sp³-hybridized carbons (Fsp3) is 0.273. The van der Waals surface area contributed by atoms with Crippen molar-refractivity contribution in [3.63, 3.8) is 0 Å². The average molecular weight is 442 g/mol. The number of aromatic nitrogens is 1. The average Bonchev–Trinajstić information content (AvgIpc) is 3.46. The molecule has 2 aromatic carbocycles. The van der Waals surface area contributed by atoms with Gasteiger partial charge in [0.05, 0.1) is 17.0 Å². The molecule has 1 aliphatic rings. The summed E-state index contributed by atoms with van der Waals surface area (Å²) >= 11 is 1.43. The molecule has 0 aliphatic carbocycles. The Morgan fingerprint density at radius 3 is 2.43 bits per heavy atom. The van der Waals surface area contributed by atoms with E-state index < -0.39 is 10.0 Å². The molecule has 1 saturated heterocycles. The zero-order valence-electron chi connectivity index (χ0n) is 16.5. The number of thiazole rings is 1. The van der Waals surface area contributed by atoms with E-state index in [1.54, 1.807) is 24.3 Å². The van der Waals surface area contributed by atoms with Crippen molar-refractivity contribution in [1.82, 2.24) is 14.6 Å². The predicted octanol–water partition coefficient (Wildman–Crippen LogP) is 3.45. The molecule has 0 spiro atoms. The maximum Gasteiger partial charge on any atom is 0.243 e. The lowest BCUT2D eigenvalue weighted by Gasteiger charge is -2.15. The van der Waals surface area contributed by atoms with Crippen molar-refractivity contribution in [2.24, 2.45) is 0 Å². The Morgan fingerprint density at radius 1 is 1.03 bits per heavy atom. The number of benzene rings is 2. The summed E-state index contributed by atoms with van der Waals surface area (Å²) < 4.78 is 26.8. The largest absolute Gasteiger partial charge is 0.352 e. The standard InChI is InChI=1S/C22H23N3O3S2/c26-21(23-15-17-6-2-1-3-7-17)14-22-24-20(16-29-22)18-8-10-19(11-9-18)30(27,28)25-12-4-5-13-25/h1-3,6-11,16H,4-5,12-15H2,(H,23,26). The quantitative estimate of drug-likeness (QED) is 0.609. The second-order valence-electron chi connectivity index (χ2n) is 7.20. The van der Waals surface area contributed by atoms with E-state index in [0.717, 1.165) is 34.7 Å². The van der Waals surface area contributed by atoms with Crippen LogP contribution in [-0.2, 0) is 27.8 Å². The van der Waals surface area contributed by atoms with Crippen molar-refractivity contribution >= 4 is 27.3 Å². The molecule has 4 rings (SSSR count).